The molecule has 0 aromatic carbocycles. The van der Waals surface area contributed by atoms with Crippen LogP contribution in [0.1, 0.15) is 43.2 Å². The van der Waals surface area contributed by atoms with E-state index in [4.69, 9.17) is 26.6 Å². The Morgan fingerprint density at radius 2 is 2.03 bits per heavy atom. The van der Waals surface area contributed by atoms with E-state index in [1.807, 2.05) is 6.07 Å². The number of rotatable bonds is 6. The number of amidine groups is 1. The monoisotopic (exact) mass is 413 g/mol. The number of aliphatic imine (C=N–C) groups is 1. The molecule has 1 aromatic rings. The first-order valence-corrected chi connectivity index (χ1v) is 10.4. The average molecular weight is 414 g/mol. The van der Waals surface area contributed by atoms with Gasteiger partial charge in [-0.3, -0.25) is 4.79 Å². The highest BCUT2D eigenvalue weighted by atomic mass is 16.5. The van der Waals surface area contributed by atoms with Crippen molar-refractivity contribution >= 4 is 29.6 Å². The number of aromatic nitrogens is 1. The summed E-state index contributed by atoms with van der Waals surface area (Å²) in [6.07, 6.45) is 8.47. The fraction of sp³-hybridized carbons (Fsp3) is 0.524. The Bertz CT molecular complexity index is 838. The van der Waals surface area contributed by atoms with E-state index >= 15 is 0 Å². The van der Waals surface area contributed by atoms with Crippen molar-refractivity contribution in [2.75, 3.05) is 38.3 Å². The second-order valence-corrected chi connectivity index (χ2v) is 7.63. The van der Waals surface area contributed by atoms with Crippen molar-refractivity contribution in [1.29, 1.82) is 5.41 Å². The maximum Gasteiger partial charge on any atom is 0.230 e. The summed E-state index contributed by atoms with van der Waals surface area (Å²) in [5.41, 5.74) is 12.0. The van der Waals surface area contributed by atoms with Crippen LogP contribution in [0.15, 0.2) is 23.3 Å². The first-order chi connectivity index (χ1) is 14.6. The molecule has 1 aliphatic heterocycles. The van der Waals surface area contributed by atoms with Crippen molar-refractivity contribution in [3.05, 3.63) is 29.5 Å². The number of morpholine rings is 1. The van der Waals surface area contributed by atoms with Gasteiger partial charge in [0.2, 0.25) is 5.91 Å². The number of nitrogens with one attached hydrogen (secondary N) is 2. The van der Waals surface area contributed by atoms with Crippen LogP contribution in [-0.4, -0.2) is 56.3 Å². The molecule has 0 atom stereocenters. The Hall–Kier alpha value is -2.94. The lowest BCUT2D eigenvalue weighted by Crippen LogP contribution is -2.45. The quantitative estimate of drug-likeness (QED) is 0.409. The molecule has 0 bridgehead atoms. The second-order valence-electron chi connectivity index (χ2n) is 7.63. The molecule has 1 saturated carbocycles. The fourth-order valence-electron chi connectivity index (χ4n) is 4.38. The average Bonchev–Trinajstić information content (AvgIpc) is 2.79. The lowest BCUT2D eigenvalue weighted by atomic mass is 9.67. The van der Waals surface area contributed by atoms with E-state index in [0.717, 1.165) is 43.5 Å². The zero-order valence-electron chi connectivity index (χ0n) is 17.5. The fourth-order valence-corrected chi connectivity index (χ4v) is 4.38. The number of hydrogen-bond acceptors (Lipinski definition) is 7. The van der Waals surface area contributed by atoms with Crippen LogP contribution in [-0.2, 0) is 14.9 Å². The van der Waals surface area contributed by atoms with Crippen molar-refractivity contribution in [3.8, 4) is 0 Å². The standard InChI is InChI=1S/C21H31N7O2/c1-25-20(29)21(6-3-2-4-7-21)16-13-18(28-9-11-30-12-10-28)27-19(15(16)14-23)26-17(24)5-8-22/h5,8,13-14,23H,2-4,6-7,9-12,22H2,1H3,(H,25,29)(H2,24,26,27)/b8-5-,23-14?. The van der Waals surface area contributed by atoms with Crippen LogP contribution >= 0.6 is 0 Å². The number of likely N-dealkylation sites (N-methyl/N-ethyl adjacent to an activating group) is 1. The van der Waals surface area contributed by atoms with E-state index in [1.54, 1.807) is 7.05 Å². The molecule has 9 heteroatoms. The Balaban J connectivity index is 2.24. The molecule has 3 rings (SSSR count). The van der Waals surface area contributed by atoms with Gasteiger partial charge in [-0.05, 0) is 36.7 Å². The van der Waals surface area contributed by atoms with E-state index in [1.165, 1.54) is 18.5 Å². The molecule has 0 unspecified atom stereocenters. The Morgan fingerprint density at radius 3 is 2.63 bits per heavy atom. The number of carbonyl (C=O) groups is 1. The summed E-state index contributed by atoms with van der Waals surface area (Å²) in [4.78, 5) is 24.4. The Labute approximate surface area is 177 Å². The van der Waals surface area contributed by atoms with E-state index in [2.05, 4.69) is 15.2 Å². The predicted molar refractivity (Wildman–Crippen MR) is 119 cm³/mol. The minimum Gasteiger partial charge on any atom is -0.404 e. The van der Waals surface area contributed by atoms with Crippen molar-refractivity contribution < 1.29 is 9.53 Å². The first kappa shape index (κ1) is 21.8. The molecular formula is C21H31N7O2. The van der Waals surface area contributed by atoms with Gasteiger partial charge in [-0.1, -0.05) is 19.3 Å². The molecule has 0 spiro atoms. The van der Waals surface area contributed by atoms with Crippen LogP contribution in [0.2, 0.25) is 0 Å². The van der Waals surface area contributed by atoms with Crippen molar-refractivity contribution in [2.24, 2.45) is 16.5 Å². The van der Waals surface area contributed by atoms with Crippen LogP contribution in [0.4, 0.5) is 11.6 Å². The van der Waals surface area contributed by atoms with E-state index < -0.39 is 5.41 Å². The van der Waals surface area contributed by atoms with Crippen LogP contribution in [0.3, 0.4) is 0 Å². The molecule has 30 heavy (non-hydrogen) atoms. The van der Waals surface area contributed by atoms with Crippen molar-refractivity contribution in [1.82, 2.24) is 10.3 Å². The summed E-state index contributed by atoms with van der Waals surface area (Å²) in [5.74, 6) is 1.20. The second kappa shape index (κ2) is 9.71. The maximum absolute atomic E-state index is 13.2. The number of anilines is 1. The number of pyridine rings is 1. The largest absolute Gasteiger partial charge is 0.404 e. The topological polar surface area (TPSA) is 143 Å². The lowest BCUT2D eigenvalue weighted by molar-refractivity contribution is -0.127. The van der Waals surface area contributed by atoms with Gasteiger partial charge in [0.1, 0.15) is 11.7 Å². The van der Waals surface area contributed by atoms with Gasteiger partial charge in [0.25, 0.3) is 0 Å². The molecule has 162 valence electrons. The molecule has 2 fully saturated rings. The summed E-state index contributed by atoms with van der Waals surface area (Å²) < 4.78 is 5.47. The number of nitrogens with zero attached hydrogens (tertiary/aromatic N) is 3. The minimum absolute atomic E-state index is 0.0332. The zero-order valence-corrected chi connectivity index (χ0v) is 17.5. The van der Waals surface area contributed by atoms with E-state index in [-0.39, 0.29) is 11.7 Å². The highest BCUT2D eigenvalue weighted by Gasteiger charge is 2.43. The van der Waals surface area contributed by atoms with Crippen LogP contribution < -0.4 is 21.7 Å². The molecule has 0 radical (unpaired) electrons. The third-order valence-corrected chi connectivity index (χ3v) is 5.89. The molecular weight excluding hydrogens is 382 g/mol. The summed E-state index contributed by atoms with van der Waals surface area (Å²) in [7, 11) is 1.66. The highest BCUT2D eigenvalue weighted by Crippen LogP contribution is 2.43. The van der Waals surface area contributed by atoms with Gasteiger partial charge in [-0.15, -0.1) is 0 Å². The van der Waals surface area contributed by atoms with Gasteiger partial charge < -0.3 is 31.8 Å². The number of ether oxygens (including phenoxy) is 1. The van der Waals surface area contributed by atoms with Gasteiger partial charge >= 0.3 is 0 Å². The number of carbonyl (C=O) groups excluding carboxylic acids is 1. The molecule has 1 amide bonds. The summed E-state index contributed by atoms with van der Waals surface area (Å²) >= 11 is 0. The minimum atomic E-state index is -0.716. The van der Waals surface area contributed by atoms with Gasteiger partial charge in [-0.25, -0.2) is 9.98 Å². The van der Waals surface area contributed by atoms with Crippen molar-refractivity contribution in [2.45, 2.75) is 37.5 Å². The molecule has 2 aliphatic rings. The summed E-state index contributed by atoms with van der Waals surface area (Å²) in [5, 5.41) is 11.0. The normalized spacial score (nSPS) is 19.6. The van der Waals surface area contributed by atoms with Crippen LogP contribution in [0.25, 0.3) is 0 Å². The van der Waals surface area contributed by atoms with Crippen LogP contribution in [0.5, 0.6) is 0 Å². The molecule has 2 heterocycles. The molecule has 1 aliphatic carbocycles. The van der Waals surface area contributed by atoms with Gasteiger partial charge in [-0.2, -0.15) is 0 Å². The number of nitrogens with two attached hydrogens (primary N) is 2. The third-order valence-electron chi connectivity index (χ3n) is 5.89. The predicted octanol–water partition coefficient (Wildman–Crippen LogP) is 1.32. The molecule has 1 aromatic heterocycles. The summed E-state index contributed by atoms with van der Waals surface area (Å²) in [6, 6.07) is 1.96. The van der Waals surface area contributed by atoms with Gasteiger partial charge in [0.15, 0.2) is 5.82 Å². The number of amides is 1. The van der Waals surface area contributed by atoms with Crippen LogP contribution in [0, 0.1) is 5.41 Å². The Morgan fingerprint density at radius 1 is 1.33 bits per heavy atom. The highest BCUT2D eigenvalue weighted by molar-refractivity contribution is 5.98. The van der Waals surface area contributed by atoms with Crippen molar-refractivity contribution in [3.63, 3.8) is 0 Å². The smallest absolute Gasteiger partial charge is 0.230 e. The molecule has 1 saturated heterocycles. The maximum atomic E-state index is 13.2. The molecule has 9 nitrogen and oxygen atoms in total. The van der Waals surface area contributed by atoms with E-state index in [9.17, 15) is 4.79 Å². The first-order valence-electron chi connectivity index (χ1n) is 10.4. The third kappa shape index (κ3) is 4.30. The Kier molecular flexibility index (Phi) is 7.04. The molecule has 6 N–H and O–H groups in total. The van der Waals surface area contributed by atoms with Gasteiger partial charge in [0.05, 0.1) is 18.6 Å². The van der Waals surface area contributed by atoms with Gasteiger partial charge in [0, 0.05) is 31.9 Å². The lowest BCUT2D eigenvalue weighted by Gasteiger charge is -2.38. The summed E-state index contributed by atoms with van der Waals surface area (Å²) in [6.45, 7) is 2.62. The zero-order chi connectivity index (χ0) is 21.6. The van der Waals surface area contributed by atoms with E-state index in [0.29, 0.717) is 37.7 Å². The number of hydrogen-bond donors (Lipinski definition) is 4. The SMILES string of the molecule is CNC(=O)C1(c2cc(N3CCOCC3)nc(/N=C(N)\C=C/N)c2C=N)CCCCC1.